The molecule has 0 unspecified atom stereocenters. The van der Waals surface area contributed by atoms with Crippen molar-refractivity contribution in [3.63, 3.8) is 0 Å². The van der Waals surface area contributed by atoms with Gasteiger partial charge in [0.1, 0.15) is 5.75 Å². The van der Waals surface area contributed by atoms with Crippen LogP contribution >= 0.6 is 0 Å². The Hall–Kier alpha value is -2.87. The quantitative estimate of drug-likeness (QED) is 0.643. The van der Waals surface area contributed by atoms with E-state index in [1.54, 1.807) is 6.21 Å². The van der Waals surface area contributed by atoms with Crippen LogP contribution in [0.2, 0.25) is 0 Å². The fourth-order valence-electron chi connectivity index (χ4n) is 2.66. The second kappa shape index (κ2) is 6.49. The van der Waals surface area contributed by atoms with Crippen LogP contribution in [0.1, 0.15) is 16.7 Å². The first-order valence-corrected chi connectivity index (χ1v) is 7.64. The average molecular weight is 301 g/mol. The highest BCUT2D eigenvalue weighted by Gasteiger charge is 2.07. The molecule has 0 bridgehead atoms. The van der Waals surface area contributed by atoms with Crippen LogP contribution in [0.5, 0.6) is 5.75 Å². The van der Waals surface area contributed by atoms with Gasteiger partial charge in [-0.2, -0.15) is 0 Å². The molecular formula is C21H19NO. The number of nitrogens with zero attached hydrogens (tertiary/aromatic N) is 1. The first kappa shape index (κ1) is 15.0. The molecule has 0 atom stereocenters. The predicted octanol–water partition coefficient (Wildman–Crippen LogP) is 5.43. The van der Waals surface area contributed by atoms with Gasteiger partial charge < -0.3 is 5.11 Å². The van der Waals surface area contributed by atoms with Crippen LogP contribution in [0.25, 0.3) is 11.1 Å². The molecule has 3 aromatic rings. The standard InChI is InChI=1S/C21H19NO/c1-15-8-6-9-16(2)20(15)22-14-18-12-7-13-19(21(18)23)17-10-4-3-5-11-17/h3-14,23H,1-2H3. The molecule has 0 heterocycles. The molecule has 0 saturated carbocycles. The Morgan fingerprint density at radius 3 is 2.13 bits per heavy atom. The number of benzene rings is 3. The second-order valence-electron chi connectivity index (χ2n) is 5.61. The fourth-order valence-corrected chi connectivity index (χ4v) is 2.66. The van der Waals surface area contributed by atoms with Crippen molar-refractivity contribution in [1.29, 1.82) is 0 Å². The first-order valence-electron chi connectivity index (χ1n) is 7.64. The van der Waals surface area contributed by atoms with Crippen LogP contribution in [0.3, 0.4) is 0 Å². The Labute approximate surface area is 136 Å². The molecule has 3 aromatic carbocycles. The SMILES string of the molecule is Cc1cccc(C)c1N=Cc1cccc(-c2ccccc2)c1O. The van der Waals surface area contributed by atoms with Gasteiger partial charge in [0, 0.05) is 17.3 Å². The lowest BCUT2D eigenvalue weighted by atomic mass is 10.0. The van der Waals surface area contributed by atoms with Crippen molar-refractivity contribution < 1.29 is 5.11 Å². The summed E-state index contributed by atoms with van der Waals surface area (Å²) in [6.07, 6.45) is 1.73. The van der Waals surface area contributed by atoms with Gasteiger partial charge in [-0.15, -0.1) is 0 Å². The van der Waals surface area contributed by atoms with Crippen LogP contribution in [-0.2, 0) is 0 Å². The molecule has 0 aliphatic rings. The molecule has 0 amide bonds. The maximum absolute atomic E-state index is 10.6. The van der Waals surface area contributed by atoms with E-state index >= 15 is 0 Å². The highest BCUT2D eigenvalue weighted by atomic mass is 16.3. The van der Waals surface area contributed by atoms with E-state index in [-0.39, 0.29) is 5.75 Å². The van der Waals surface area contributed by atoms with Crippen molar-refractivity contribution in [3.05, 3.63) is 83.4 Å². The van der Waals surface area contributed by atoms with Gasteiger partial charge in [-0.05, 0) is 36.6 Å². The maximum atomic E-state index is 10.6. The minimum Gasteiger partial charge on any atom is -0.507 e. The summed E-state index contributed by atoms with van der Waals surface area (Å²) in [6.45, 7) is 4.08. The van der Waals surface area contributed by atoms with Crippen molar-refractivity contribution in [1.82, 2.24) is 0 Å². The Kier molecular flexibility index (Phi) is 4.24. The minimum atomic E-state index is 0.258. The molecule has 1 N–H and O–H groups in total. The number of aromatic hydroxyl groups is 1. The van der Waals surface area contributed by atoms with Crippen LogP contribution in [0.4, 0.5) is 5.69 Å². The van der Waals surface area contributed by atoms with E-state index in [9.17, 15) is 5.11 Å². The number of phenols is 1. The number of hydrogen-bond donors (Lipinski definition) is 1. The topological polar surface area (TPSA) is 32.6 Å². The smallest absolute Gasteiger partial charge is 0.132 e. The zero-order valence-electron chi connectivity index (χ0n) is 13.3. The summed E-state index contributed by atoms with van der Waals surface area (Å²) in [5, 5.41) is 10.6. The van der Waals surface area contributed by atoms with Crippen LogP contribution in [-0.4, -0.2) is 11.3 Å². The average Bonchev–Trinajstić information content (AvgIpc) is 2.56. The van der Waals surface area contributed by atoms with Crippen molar-refractivity contribution >= 4 is 11.9 Å². The molecule has 0 radical (unpaired) electrons. The van der Waals surface area contributed by atoms with E-state index < -0.39 is 0 Å². The summed E-state index contributed by atoms with van der Waals surface area (Å²) in [4.78, 5) is 4.59. The zero-order valence-corrected chi connectivity index (χ0v) is 13.3. The van der Waals surface area contributed by atoms with Crippen molar-refractivity contribution in [3.8, 4) is 16.9 Å². The third-order valence-corrected chi connectivity index (χ3v) is 3.92. The molecule has 0 aliphatic carbocycles. The summed E-state index contributed by atoms with van der Waals surface area (Å²) in [7, 11) is 0. The second-order valence-corrected chi connectivity index (χ2v) is 5.61. The van der Waals surface area contributed by atoms with Gasteiger partial charge in [0.2, 0.25) is 0 Å². The lowest BCUT2D eigenvalue weighted by molar-refractivity contribution is 0.476. The van der Waals surface area contributed by atoms with E-state index in [1.807, 2.05) is 80.6 Å². The summed E-state index contributed by atoms with van der Waals surface area (Å²) in [6, 6.07) is 21.7. The zero-order chi connectivity index (χ0) is 16.2. The van der Waals surface area contributed by atoms with Gasteiger partial charge in [-0.25, -0.2) is 0 Å². The van der Waals surface area contributed by atoms with Gasteiger partial charge >= 0.3 is 0 Å². The number of rotatable bonds is 3. The maximum Gasteiger partial charge on any atom is 0.132 e. The summed E-state index contributed by atoms with van der Waals surface area (Å²) in [5.74, 6) is 0.258. The highest BCUT2D eigenvalue weighted by Crippen LogP contribution is 2.32. The molecule has 0 fully saturated rings. The van der Waals surface area contributed by atoms with Crippen LogP contribution in [0.15, 0.2) is 71.7 Å². The van der Waals surface area contributed by atoms with Gasteiger partial charge in [-0.1, -0.05) is 60.7 Å². The summed E-state index contributed by atoms with van der Waals surface area (Å²) < 4.78 is 0. The van der Waals surface area contributed by atoms with Gasteiger partial charge in [0.25, 0.3) is 0 Å². The molecule has 2 nitrogen and oxygen atoms in total. The summed E-state index contributed by atoms with van der Waals surface area (Å²) in [5.41, 5.74) is 5.73. The highest BCUT2D eigenvalue weighted by molar-refractivity contribution is 5.90. The number of phenolic OH excluding ortho intramolecular Hbond substituents is 1. The third-order valence-electron chi connectivity index (χ3n) is 3.92. The minimum absolute atomic E-state index is 0.258. The summed E-state index contributed by atoms with van der Waals surface area (Å²) >= 11 is 0. The largest absolute Gasteiger partial charge is 0.507 e. The van der Waals surface area contributed by atoms with Gasteiger partial charge in [-0.3, -0.25) is 4.99 Å². The molecule has 0 aromatic heterocycles. The van der Waals surface area contributed by atoms with E-state index in [2.05, 4.69) is 4.99 Å². The van der Waals surface area contributed by atoms with Crippen LogP contribution < -0.4 is 0 Å². The van der Waals surface area contributed by atoms with Crippen LogP contribution in [0, 0.1) is 13.8 Å². The van der Waals surface area contributed by atoms with Gasteiger partial charge in [0.05, 0.1) is 5.69 Å². The molecule has 23 heavy (non-hydrogen) atoms. The number of hydrogen-bond acceptors (Lipinski definition) is 2. The predicted molar refractivity (Wildman–Crippen MR) is 96.7 cm³/mol. The molecule has 3 rings (SSSR count). The number of aliphatic imine (C=N–C) groups is 1. The fraction of sp³-hybridized carbons (Fsp3) is 0.0952. The molecule has 0 aliphatic heterocycles. The number of aryl methyl sites for hydroxylation is 2. The lowest BCUT2D eigenvalue weighted by Gasteiger charge is -2.08. The normalized spacial score (nSPS) is 11.0. The van der Waals surface area contributed by atoms with Crippen molar-refractivity contribution in [2.45, 2.75) is 13.8 Å². The molecular weight excluding hydrogens is 282 g/mol. The van der Waals surface area contributed by atoms with Crippen molar-refractivity contribution in [2.24, 2.45) is 4.99 Å². The Bertz CT molecular complexity index is 831. The van der Waals surface area contributed by atoms with E-state index in [4.69, 9.17) is 0 Å². The Balaban J connectivity index is 2.00. The molecule has 0 saturated heterocycles. The number of para-hydroxylation sites is 2. The van der Waals surface area contributed by atoms with Crippen molar-refractivity contribution in [2.75, 3.05) is 0 Å². The Morgan fingerprint density at radius 1 is 0.783 bits per heavy atom. The molecule has 114 valence electrons. The Morgan fingerprint density at radius 2 is 1.43 bits per heavy atom. The van der Waals surface area contributed by atoms with Gasteiger partial charge in [0.15, 0.2) is 0 Å². The molecule has 2 heteroatoms. The van der Waals surface area contributed by atoms with E-state index in [1.165, 1.54) is 0 Å². The third kappa shape index (κ3) is 3.16. The monoisotopic (exact) mass is 301 g/mol. The first-order chi connectivity index (χ1) is 11.2. The lowest BCUT2D eigenvalue weighted by Crippen LogP contribution is -1.87. The van der Waals surface area contributed by atoms with E-state index in [0.717, 1.165) is 27.9 Å². The molecule has 0 spiro atoms. The van der Waals surface area contributed by atoms with E-state index in [0.29, 0.717) is 5.56 Å².